The van der Waals surface area contributed by atoms with Gasteiger partial charge in [-0.15, -0.1) is 0 Å². The minimum atomic E-state index is 0.00676. The predicted molar refractivity (Wildman–Crippen MR) is 45.6 cm³/mol. The minimum absolute atomic E-state index is 0.00676. The molecule has 1 heterocycles. The SMILES string of the molecule is CCCC(=O)Nc1cncnc1. The third-order valence-corrected chi connectivity index (χ3v) is 1.32. The maximum Gasteiger partial charge on any atom is 0.224 e. The Kier molecular flexibility index (Phi) is 3.19. The molecule has 0 atom stereocenters. The third-order valence-electron chi connectivity index (χ3n) is 1.32. The van der Waals surface area contributed by atoms with Crippen molar-refractivity contribution in [1.82, 2.24) is 9.97 Å². The Morgan fingerprint density at radius 2 is 2.17 bits per heavy atom. The van der Waals surface area contributed by atoms with E-state index in [1.54, 1.807) is 12.4 Å². The van der Waals surface area contributed by atoms with E-state index in [-0.39, 0.29) is 5.91 Å². The molecule has 0 unspecified atom stereocenters. The maximum absolute atomic E-state index is 11.0. The molecule has 0 aliphatic heterocycles. The van der Waals surface area contributed by atoms with Gasteiger partial charge in [-0.25, -0.2) is 9.97 Å². The summed E-state index contributed by atoms with van der Waals surface area (Å²) in [7, 11) is 0. The van der Waals surface area contributed by atoms with Crippen LogP contribution in [0.15, 0.2) is 18.7 Å². The second-order valence-electron chi connectivity index (χ2n) is 2.43. The molecule has 12 heavy (non-hydrogen) atoms. The summed E-state index contributed by atoms with van der Waals surface area (Å²) in [5.41, 5.74) is 0.649. The summed E-state index contributed by atoms with van der Waals surface area (Å²) in [6, 6.07) is 0. The first-order valence-corrected chi connectivity index (χ1v) is 3.87. The van der Waals surface area contributed by atoms with Gasteiger partial charge in [0.25, 0.3) is 0 Å². The van der Waals surface area contributed by atoms with Crippen LogP contribution in [-0.2, 0) is 4.79 Å². The van der Waals surface area contributed by atoms with Gasteiger partial charge < -0.3 is 5.32 Å². The summed E-state index contributed by atoms with van der Waals surface area (Å²) >= 11 is 0. The van der Waals surface area contributed by atoms with Gasteiger partial charge >= 0.3 is 0 Å². The van der Waals surface area contributed by atoms with Crippen molar-refractivity contribution in [2.45, 2.75) is 19.8 Å². The molecule has 1 N–H and O–H groups in total. The number of rotatable bonds is 3. The lowest BCUT2D eigenvalue weighted by atomic mass is 10.3. The van der Waals surface area contributed by atoms with Crippen molar-refractivity contribution in [3.63, 3.8) is 0 Å². The van der Waals surface area contributed by atoms with Crippen LogP contribution in [0.1, 0.15) is 19.8 Å². The van der Waals surface area contributed by atoms with E-state index in [0.717, 1.165) is 6.42 Å². The van der Waals surface area contributed by atoms with Crippen LogP contribution in [0.5, 0.6) is 0 Å². The first-order valence-electron chi connectivity index (χ1n) is 3.87. The summed E-state index contributed by atoms with van der Waals surface area (Å²) in [4.78, 5) is 18.6. The molecule has 0 saturated carbocycles. The average molecular weight is 165 g/mol. The Hall–Kier alpha value is -1.45. The quantitative estimate of drug-likeness (QED) is 0.732. The van der Waals surface area contributed by atoms with E-state index in [4.69, 9.17) is 0 Å². The lowest BCUT2D eigenvalue weighted by molar-refractivity contribution is -0.116. The number of hydrogen-bond donors (Lipinski definition) is 1. The van der Waals surface area contributed by atoms with Gasteiger partial charge in [-0.05, 0) is 6.42 Å². The van der Waals surface area contributed by atoms with Crippen molar-refractivity contribution in [3.8, 4) is 0 Å². The predicted octanol–water partition coefficient (Wildman–Crippen LogP) is 1.22. The van der Waals surface area contributed by atoms with Crippen LogP contribution in [0.3, 0.4) is 0 Å². The lowest BCUT2D eigenvalue weighted by Crippen LogP contribution is -2.10. The number of carbonyl (C=O) groups excluding carboxylic acids is 1. The zero-order chi connectivity index (χ0) is 8.81. The average Bonchev–Trinajstić information content (AvgIpc) is 2.06. The van der Waals surface area contributed by atoms with Gasteiger partial charge in [0.2, 0.25) is 5.91 Å². The van der Waals surface area contributed by atoms with E-state index < -0.39 is 0 Å². The molecule has 1 aromatic heterocycles. The van der Waals surface area contributed by atoms with Crippen LogP contribution in [0.25, 0.3) is 0 Å². The van der Waals surface area contributed by atoms with E-state index in [1.165, 1.54) is 6.33 Å². The fraction of sp³-hybridized carbons (Fsp3) is 0.375. The molecule has 64 valence electrons. The largest absolute Gasteiger partial charge is 0.323 e. The molecule has 4 heteroatoms. The summed E-state index contributed by atoms with van der Waals surface area (Å²) < 4.78 is 0. The van der Waals surface area contributed by atoms with Crippen molar-refractivity contribution >= 4 is 11.6 Å². The highest BCUT2D eigenvalue weighted by atomic mass is 16.1. The second-order valence-corrected chi connectivity index (χ2v) is 2.43. The zero-order valence-electron chi connectivity index (χ0n) is 6.95. The molecule has 0 spiro atoms. The number of carbonyl (C=O) groups is 1. The number of anilines is 1. The Labute approximate surface area is 71.0 Å². The highest BCUT2D eigenvalue weighted by Gasteiger charge is 1.99. The number of nitrogens with zero attached hydrogens (tertiary/aromatic N) is 2. The van der Waals surface area contributed by atoms with Crippen LogP contribution < -0.4 is 5.32 Å². The van der Waals surface area contributed by atoms with Gasteiger partial charge in [-0.3, -0.25) is 4.79 Å². The third kappa shape index (κ3) is 2.65. The van der Waals surface area contributed by atoms with Gasteiger partial charge in [0.1, 0.15) is 6.33 Å². The fourth-order valence-corrected chi connectivity index (χ4v) is 0.814. The van der Waals surface area contributed by atoms with Crippen LogP contribution in [-0.4, -0.2) is 15.9 Å². The Morgan fingerprint density at radius 1 is 1.50 bits per heavy atom. The normalized spacial score (nSPS) is 9.42. The molecule has 0 fully saturated rings. The first kappa shape index (κ1) is 8.64. The van der Waals surface area contributed by atoms with Gasteiger partial charge in [-0.2, -0.15) is 0 Å². The van der Waals surface area contributed by atoms with Gasteiger partial charge in [0.05, 0.1) is 18.1 Å². The monoisotopic (exact) mass is 165 g/mol. The summed E-state index contributed by atoms with van der Waals surface area (Å²) in [6.45, 7) is 1.96. The molecule has 0 saturated heterocycles. The standard InChI is InChI=1S/C8H11N3O/c1-2-3-8(12)11-7-4-9-6-10-5-7/h4-6H,2-3H2,1H3,(H,11,12). The number of nitrogens with one attached hydrogen (secondary N) is 1. The molecule has 0 bridgehead atoms. The molecular formula is C8H11N3O. The molecule has 1 amide bonds. The van der Waals surface area contributed by atoms with Crippen molar-refractivity contribution in [2.24, 2.45) is 0 Å². The fourth-order valence-electron chi connectivity index (χ4n) is 0.814. The number of amides is 1. The van der Waals surface area contributed by atoms with Gasteiger partial charge in [-0.1, -0.05) is 6.92 Å². The highest BCUT2D eigenvalue weighted by molar-refractivity contribution is 5.90. The van der Waals surface area contributed by atoms with Crippen LogP contribution in [0.2, 0.25) is 0 Å². The van der Waals surface area contributed by atoms with Gasteiger partial charge in [0.15, 0.2) is 0 Å². The van der Waals surface area contributed by atoms with E-state index in [2.05, 4.69) is 15.3 Å². The molecule has 0 aliphatic carbocycles. The van der Waals surface area contributed by atoms with E-state index in [9.17, 15) is 4.79 Å². The molecule has 0 aliphatic rings. The van der Waals surface area contributed by atoms with E-state index in [1.807, 2.05) is 6.92 Å². The van der Waals surface area contributed by atoms with Crippen molar-refractivity contribution < 1.29 is 4.79 Å². The summed E-state index contributed by atoms with van der Waals surface area (Å²) in [5.74, 6) is 0.00676. The molecule has 0 radical (unpaired) electrons. The molecule has 0 aromatic carbocycles. The molecule has 4 nitrogen and oxygen atoms in total. The lowest BCUT2D eigenvalue weighted by Gasteiger charge is -2.01. The van der Waals surface area contributed by atoms with Crippen LogP contribution >= 0.6 is 0 Å². The summed E-state index contributed by atoms with van der Waals surface area (Å²) in [6.07, 6.45) is 5.95. The molecular weight excluding hydrogens is 154 g/mol. The second kappa shape index (κ2) is 4.43. The highest BCUT2D eigenvalue weighted by Crippen LogP contribution is 2.01. The summed E-state index contributed by atoms with van der Waals surface area (Å²) in [5, 5.41) is 2.68. The Balaban J connectivity index is 2.47. The smallest absolute Gasteiger partial charge is 0.224 e. The van der Waals surface area contributed by atoms with Gasteiger partial charge in [0, 0.05) is 6.42 Å². The van der Waals surface area contributed by atoms with Crippen molar-refractivity contribution in [2.75, 3.05) is 5.32 Å². The molecule has 1 aromatic rings. The number of aromatic nitrogens is 2. The first-order chi connectivity index (χ1) is 5.83. The zero-order valence-corrected chi connectivity index (χ0v) is 6.95. The van der Waals surface area contributed by atoms with Crippen molar-refractivity contribution in [1.29, 1.82) is 0 Å². The number of hydrogen-bond acceptors (Lipinski definition) is 3. The topological polar surface area (TPSA) is 54.9 Å². The van der Waals surface area contributed by atoms with E-state index >= 15 is 0 Å². The molecule has 1 rings (SSSR count). The Morgan fingerprint density at radius 3 is 2.75 bits per heavy atom. The van der Waals surface area contributed by atoms with E-state index in [0.29, 0.717) is 12.1 Å². The van der Waals surface area contributed by atoms with Crippen LogP contribution in [0, 0.1) is 0 Å². The Bertz CT molecular complexity index is 248. The van der Waals surface area contributed by atoms with Crippen LogP contribution in [0.4, 0.5) is 5.69 Å². The van der Waals surface area contributed by atoms with Crippen molar-refractivity contribution in [3.05, 3.63) is 18.7 Å². The maximum atomic E-state index is 11.0. The minimum Gasteiger partial charge on any atom is -0.323 e.